The van der Waals surface area contributed by atoms with Gasteiger partial charge in [-0.3, -0.25) is 4.31 Å². The molecule has 1 aliphatic rings. The van der Waals surface area contributed by atoms with Crippen molar-refractivity contribution >= 4 is 27.4 Å². The van der Waals surface area contributed by atoms with Gasteiger partial charge in [0.2, 0.25) is 0 Å². The maximum atomic E-state index is 13.4. The van der Waals surface area contributed by atoms with Gasteiger partial charge in [0.15, 0.2) is 0 Å². The first-order chi connectivity index (χ1) is 15.0. The molecule has 1 heterocycles. The number of carboxylic acid groups (broad SMARTS) is 1. The van der Waals surface area contributed by atoms with Crippen LogP contribution in [-0.2, 0) is 16.2 Å². The average molecular weight is 472 g/mol. The zero-order chi connectivity index (χ0) is 23.7. The molecule has 3 rings (SSSR count). The van der Waals surface area contributed by atoms with Crippen LogP contribution in [0.25, 0.3) is 0 Å². The summed E-state index contributed by atoms with van der Waals surface area (Å²) in [5, 5.41) is 9.25. The van der Waals surface area contributed by atoms with Crippen LogP contribution in [0.4, 0.5) is 24.5 Å². The molecule has 11 heteroatoms. The summed E-state index contributed by atoms with van der Waals surface area (Å²) in [7, 11) is -2.10. The van der Waals surface area contributed by atoms with Gasteiger partial charge in [-0.15, -0.1) is 0 Å². The molecule has 174 valence electrons. The number of ether oxygens (including phenoxy) is 1. The van der Waals surface area contributed by atoms with Crippen molar-refractivity contribution in [2.24, 2.45) is 0 Å². The zero-order valence-corrected chi connectivity index (χ0v) is 18.3. The predicted octanol–water partition coefficient (Wildman–Crippen LogP) is 4.23. The van der Waals surface area contributed by atoms with E-state index in [1.807, 2.05) is 4.90 Å². The molecular weight excluding hydrogens is 449 g/mol. The van der Waals surface area contributed by atoms with Crippen LogP contribution < -0.4 is 13.9 Å². The van der Waals surface area contributed by atoms with Gasteiger partial charge in [0, 0.05) is 20.1 Å². The van der Waals surface area contributed by atoms with Crippen molar-refractivity contribution in [2.45, 2.75) is 30.3 Å². The molecule has 0 unspecified atom stereocenters. The molecule has 0 saturated carbocycles. The number of carboxylic acids is 1. The quantitative estimate of drug-likeness (QED) is 0.677. The molecule has 0 aromatic heterocycles. The number of aromatic carboxylic acids is 1. The van der Waals surface area contributed by atoms with E-state index in [-0.39, 0.29) is 17.0 Å². The largest absolute Gasteiger partial charge is 0.495 e. The second-order valence-electron chi connectivity index (χ2n) is 7.39. The number of hydrogen-bond donors (Lipinski definition) is 1. The summed E-state index contributed by atoms with van der Waals surface area (Å²) in [4.78, 5) is 12.8. The number of nitrogens with zero attached hydrogens (tertiary/aromatic N) is 2. The Labute approximate surface area is 184 Å². The SMILES string of the molecule is COc1ccc(C(=O)O)cc1S(=O)(=O)N(C)c1cc(C(F)(F)F)ccc1N1CCCCC1. The van der Waals surface area contributed by atoms with E-state index in [0.29, 0.717) is 18.8 Å². The van der Waals surface area contributed by atoms with Gasteiger partial charge in [-0.2, -0.15) is 13.2 Å². The number of methoxy groups -OCH3 is 1. The van der Waals surface area contributed by atoms with E-state index < -0.39 is 32.6 Å². The molecule has 0 amide bonds. The molecule has 2 aromatic rings. The molecule has 0 bridgehead atoms. The maximum absolute atomic E-state index is 13.4. The molecule has 1 fully saturated rings. The molecular formula is C21H23F3N2O5S. The molecule has 0 radical (unpaired) electrons. The summed E-state index contributed by atoms with van der Waals surface area (Å²) in [6, 6.07) is 6.32. The van der Waals surface area contributed by atoms with Gasteiger partial charge in [-0.25, -0.2) is 13.2 Å². The number of benzene rings is 2. The van der Waals surface area contributed by atoms with Crippen LogP contribution in [0.3, 0.4) is 0 Å². The first-order valence-electron chi connectivity index (χ1n) is 9.83. The second-order valence-corrected chi connectivity index (χ2v) is 9.33. The van der Waals surface area contributed by atoms with Crippen molar-refractivity contribution in [3.05, 3.63) is 47.5 Å². The van der Waals surface area contributed by atoms with E-state index in [0.717, 1.165) is 48.8 Å². The van der Waals surface area contributed by atoms with Crippen molar-refractivity contribution in [3.63, 3.8) is 0 Å². The molecule has 0 atom stereocenters. The lowest BCUT2D eigenvalue weighted by Gasteiger charge is -2.33. The first kappa shape index (κ1) is 23.7. The fourth-order valence-electron chi connectivity index (χ4n) is 3.64. The Morgan fingerprint density at radius 1 is 1.09 bits per heavy atom. The number of anilines is 2. The summed E-state index contributed by atoms with van der Waals surface area (Å²) in [5.74, 6) is -1.46. The third kappa shape index (κ3) is 4.62. The monoisotopic (exact) mass is 472 g/mol. The van der Waals surface area contributed by atoms with E-state index in [2.05, 4.69) is 0 Å². The molecule has 0 spiro atoms. The van der Waals surface area contributed by atoms with Crippen LogP contribution in [0.1, 0.15) is 35.2 Å². The summed E-state index contributed by atoms with van der Waals surface area (Å²) in [6.07, 6.45) is -2.00. The summed E-state index contributed by atoms with van der Waals surface area (Å²) < 4.78 is 73.0. The van der Waals surface area contributed by atoms with Gasteiger partial charge in [0.25, 0.3) is 10.0 Å². The third-order valence-electron chi connectivity index (χ3n) is 5.39. The van der Waals surface area contributed by atoms with Gasteiger partial charge < -0.3 is 14.7 Å². The first-order valence-corrected chi connectivity index (χ1v) is 11.3. The van der Waals surface area contributed by atoms with Crippen molar-refractivity contribution < 1.29 is 36.2 Å². The van der Waals surface area contributed by atoms with E-state index in [1.54, 1.807) is 0 Å². The highest BCUT2D eigenvalue weighted by Crippen LogP contribution is 2.40. The van der Waals surface area contributed by atoms with E-state index in [9.17, 15) is 31.5 Å². The molecule has 2 aromatic carbocycles. The minimum absolute atomic E-state index is 0.117. The van der Waals surface area contributed by atoms with Crippen LogP contribution in [-0.4, -0.2) is 46.7 Å². The Balaban J connectivity index is 2.17. The van der Waals surface area contributed by atoms with Gasteiger partial charge >= 0.3 is 12.1 Å². The van der Waals surface area contributed by atoms with Crippen molar-refractivity contribution in [1.29, 1.82) is 0 Å². The van der Waals surface area contributed by atoms with Crippen LogP contribution >= 0.6 is 0 Å². The fourth-order valence-corrected chi connectivity index (χ4v) is 5.02. The Morgan fingerprint density at radius 2 is 1.75 bits per heavy atom. The Morgan fingerprint density at radius 3 is 2.31 bits per heavy atom. The number of rotatable bonds is 6. The minimum Gasteiger partial charge on any atom is -0.495 e. The van der Waals surface area contributed by atoms with Crippen LogP contribution in [0.2, 0.25) is 0 Å². The lowest BCUT2D eigenvalue weighted by Crippen LogP contribution is -2.33. The molecule has 1 aliphatic heterocycles. The number of halogens is 3. The molecule has 32 heavy (non-hydrogen) atoms. The number of carbonyl (C=O) groups is 1. The lowest BCUT2D eigenvalue weighted by atomic mass is 10.1. The Bertz CT molecular complexity index is 1110. The summed E-state index contributed by atoms with van der Waals surface area (Å²) >= 11 is 0. The number of piperidine rings is 1. The average Bonchev–Trinajstić information content (AvgIpc) is 2.77. The van der Waals surface area contributed by atoms with E-state index in [4.69, 9.17) is 4.74 Å². The van der Waals surface area contributed by atoms with Gasteiger partial charge in [-0.05, 0) is 55.7 Å². The van der Waals surface area contributed by atoms with Crippen molar-refractivity contribution in [2.75, 3.05) is 36.5 Å². The standard InChI is InChI=1S/C21H23F3N2O5S/c1-25(32(29,30)19-12-14(20(27)28)6-9-18(19)31-2)17-13-15(21(22,23)24)7-8-16(17)26-10-4-3-5-11-26/h6-9,12-13H,3-5,10-11H2,1-2H3,(H,27,28). The normalized spacial score (nSPS) is 14.8. The minimum atomic E-state index is -4.67. The highest BCUT2D eigenvalue weighted by atomic mass is 32.2. The zero-order valence-electron chi connectivity index (χ0n) is 17.5. The van der Waals surface area contributed by atoms with Gasteiger partial charge in [0.1, 0.15) is 10.6 Å². The fraction of sp³-hybridized carbons (Fsp3) is 0.381. The highest BCUT2D eigenvalue weighted by molar-refractivity contribution is 7.93. The van der Waals surface area contributed by atoms with Crippen LogP contribution in [0.5, 0.6) is 5.75 Å². The smallest absolute Gasteiger partial charge is 0.416 e. The molecule has 7 nitrogen and oxygen atoms in total. The molecule has 0 aliphatic carbocycles. The second kappa shape index (κ2) is 8.89. The lowest BCUT2D eigenvalue weighted by molar-refractivity contribution is -0.137. The molecule has 1 N–H and O–H groups in total. The topological polar surface area (TPSA) is 87.1 Å². The van der Waals surface area contributed by atoms with Gasteiger partial charge in [-0.1, -0.05) is 0 Å². The molecule has 1 saturated heterocycles. The highest BCUT2D eigenvalue weighted by Gasteiger charge is 2.34. The Hall–Kier alpha value is -2.95. The van der Waals surface area contributed by atoms with Crippen LogP contribution in [0.15, 0.2) is 41.3 Å². The Kier molecular flexibility index (Phi) is 6.59. The van der Waals surface area contributed by atoms with Crippen LogP contribution in [0, 0.1) is 0 Å². The third-order valence-corrected chi connectivity index (χ3v) is 7.18. The van der Waals surface area contributed by atoms with Crippen molar-refractivity contribution in [3.8, 4) is 5.75 Å². The van der Waals surface area contributed by atoms with Crippen molar-refractivity contribution in [1.82, 2.24) is 0 Å². The summed E-state index contributed by atoms with van der Waals surface area (Å²) in [5.41, 5.74) is -1.07. The number of alkyl halides is 3. The maximum Gasteiger partial charge on any atom is 0.416 e. The number of sulfonamides is 1. The van der Waals surface area contributed by atoms with E-state index in [1.165, 1.54) is 25.3 Å². The summed E-state index contributed by atoms with van der Waals surface area (Å²) in [6.45, 7) is 1.17. The van der Waals surface area contributed by atoms with E-state index >= 15 is 0 Å². The number of hydrogen-bond acceptors (Lipinski definition) is 5. The predicted molar refractivity (Wildman–Crippen MR) is 113 cm³/mol. The van der Waals surface area contributed by atoms with Gasteiger partial charge in [0.05, 0.1) is 29.6 Å².